The summed E-state index contributed by atoms with van der Waals surface area (Å²) in [5, 5.41) is 0. The highest BCUT2D eigenvalue weighted by atomic mass is 35.5. The maximum atomic E-state index is 13.6. The van der Waals surface area contributed by atoms with Gasteiger partial charge in [-0.2, -0.15) is 4.31 Å². The molecule has 0 radical (unpaired) electrons. The van der Waals surface area contributed by atoms with E-state index >= 15 is 0 Å². The van der Waals surface area contributed by atoms with Gasteiger partial charge >= 0.3 is 0 Å². The third-order valence-electron chi connectivity index (χ3n) is 3.03. The van der Waals surface area contributed by atoms with Gasteiger partial charge in [0.2, 0.25) is 10.0 Å². The second-order valence-corrected chi connectivity index (χ2v) is 6.26. The lowest BCUT2D eigenvalue weighted by atomic mass is 10.3. The molecule has 1 fully saturated rings. The second kappa shape index (κ2) is 7.09. The van der Waals surface area contributed by atoms with E-state index in [2.05, 4.69) is 0 Å². The molecule has 0 spiro atoms. The van der Waals surface area contributed by atoms with Gasteiger partial charge in [0.25, 0.3) is 0 Å². The van der Waals surface area contributed by atoms with E-state index in [1.54, 1.807) is 0 Å². The Morgan fingerprint density at radius 3 is 2.27 bits per heavy atom. The maximum absolute atomic E-state index is 13.6. The van der Waals surface area contributed by atoms with Gasteiger partial charge in [0.15, 0.2) is 28.2 Å². The van der Waals surface area contributed by atoms with Crippen molar-refractivity contribution in [1.82, 2.24) is 4.31 Å². The second-order valence-electron chi connectivity index (χ2n) is 4.39. The summed E-state index contributed by atoms with van der Waals surface area (Å²) in [6.45, 7) is -0.498. The first-order valence-corrected chi connectivity index (χ1v) is 7.37. The molecule has 1 unspecified atom stereocenters. The minimum atomic E-state index is -4.74. The molecule has 0 aromatic heterocycles. The van der Waals surface area contributed by atoms with Crippen molar-refractivity contribution in [3.05, 3.63) is 29.3 Å². The number of hydrogen-bond donors (Lipinski definition) is 1. The van der Waals surface area contributed by atoms with Crippen molar-refractivity contribution >= 4 is 22.4 Å². The van der Waals surface area contributed by atoms with E-state index in [9.17, 15) is 26.0 Å². The van der Waals surface area contributed by atoms with Crippen LogP contribution in [-0.4, -0.2) is 45.1 Å². The van der Waals surface area contributed by atoms with Crippen LogP contribution >= 0.6 is 12.4 Å². The third kappa shape index (κ3) is 3.35. The lowest BCUT2D eigenvalue weighted by molar-refractivity contribution is 0.00436. The number of morpholine rings is 1. The van der Waals surface area contributed by atoms with Crippen LogP contribution < -0.4 is 5.73 Å². The van der Waals surface area contributed by atoms with E-state index in [1.807, 2.05) is 0 Å². The number of rotatable bonds is 3. The lowest BCUT2D eigenvalue weighted by Crippen LogP contribution is -2.48. The molecule has 1 aliphatic rings. The number of nitrogens with two attached hydrogens (primary N) is 1. The first-order valence-electron chi connectivity index (χ1n) is 5.93. The summed E-state index contributed by atoms with van der Waals surface area (Å²) in [6.07, 6.45) is -0.655. The van der Waals surface area contributed by atoms with E-state index in [4.69, 9.17) is 10.5 Å². The summed E-state index contributed by atoms with van der Waals surface area (Å²) < 4.78 is 83.8. The molecule has 1 heterocycles. The molecule has 1 aromatic rings. The Bertz CT molecular complexity index is 633. The molecule has 22 heavy (non-hydrogen) atoms. The molecule has 0 saturated carbocycles. The molecule has 0 bridgehead atoms. The van der Waals surface area contributed by atoms with Gasteiger partial charge < -0.3 is 10.5 Å². The van der Waals surface area contributed by atoms with Crippen molar-refractivity contribution in [3.8, 4) is 0 Å². The maximum Gasteiger partial charge on any atom is 0.249 e. The Morgan fingerprint density at radius 1 is 1.23 bits per heavy atom. The highest BCUT2D eigenvalue weighted by molar-refractivity contribution is 7.89. The standard InChI is InChI=1S/C11H12F4N2O3S.ClH/c12-7-3-8(13)10(15)11(9(7)14)21(18,19)17-1-2-20-6(4-16)5-17;/h3,6H,1-2,4-5,16H2;1H. The van der Waals surface area contributed by atoms with Gasteiger partial charge in [0.05, 0.1) is 12.7 Å². The molecule has 2 rings (SSSR count). The molecule has 1 aromatic carbocycles. The molecular formula is C11H13ClF4N2O3S. The molecule has 1 saturated heterocycles. The summed E-state index contributed by atoms with van der Waals surface area (Å²) in [5.41, 5.74) is 5.34. The summed E-state index contributed by atoms with van der Waals surface area (Å²) in [5.74, 6) is -7.47. The molecule has 0 amide bonds. The summed E-state index contributed by atoms with van der Waals surface area (Å²) in [4.78, 5) is -1.64. The fraction of sp³-hybridized carbons (Fsp3) is 0.455. The molecule has 1 atom stereocenters. The van der Waals surface area contributed by atoms with Gasteiger partial charge in [-0.25, -0.2) is 26.0 Å². The van der Waals surface area contributed by atoms with Crippen LogP contribution in [0.2, 0.25) is 0 Å². The van der Waals surface area contributed by atoms with E-state index in [1.165, 1.54) is 0 Å². The molecule has 0 aliphatic carbocycles. The molecule has 11 heteroatoms. The summed E-state index contributed by atoms with van der Waals surface area (Å²) in [7, 11) is -4.74. The Morgan fingerprint density at radius 2 is 1.77 bits per heavy atom. The SMILES string of the molecule is Cl.NCC1CN(S(=O)(=O)c2c(F)c(F)cc(F)c2F)CCO1. The van der Waals surface area contributed by atoms with Gasteiger partial charge in [-0.15, -0.1) is 12.4 Å². The van der Waals surface area contributed by atoms with Crippen molar-refractivity contribution in [2.75, 3.05) is 26.2 Å². The minimum absolute atomic E-state index is 0. The molecule has 2 N–H and O–H groups in total. The normalized spacial score (nSPS) is 19.8. The zero-order valence-corrected chi connectivity index (χ0v) is 12.7. The zero-order valence-electron chi connectivity index (χ0n) is 11.1. The predicted octanol–water partition coefficient (Wildman–Crippen LogP) is 1.01. The van der Waals surface area contributed by atoms with Gasteiger partial charge in [0, 0.05) is 25.7 Å². The van der Waals surface area contributed by atoms with Gasteiger partial charge in [-0.3, -0.25) is 0 Å². The quantitative estimate of drug-likeness (QED) is 0.642. The number of nitrogens with zero attached hydrogens (tertiary/aromatic N) is 1. The Balaban J connectivity index is 0.00000242. The van der Waals surface area contributed by atoms with Crippen LogP contribution in [0, 0.1) is 23.3 Å². The van der Waals surface area contributed by atoms with Crippen LogP contribution in [0.5, 0.6) is 0 Å². The number of halogens is 5. The number of sulfonamides is 1. The average molecular weight is 365 g/mol. The van der Waals surface area contributed by atoms with Gasteiger partial charge in [0.1, 0.15) is 0 Å². The first kappa shape index (κ1) is 19.1. The molecule has 1 aliphatic heterocycles. The predicted molar refractivity (Wildman–Crippen MR) is 71.1 cm³/mol. The van der Waals surface area contributed by atoms with Crippen molar-refractivity contribution < 1.29 is 30.7 Å². The highest BCUT2D eigenvalue weighted by Gasteiger charge is 2.37. The summed E-state index contributed by atoms with van der Waals surface area (Å²) >= 11 is 0. The van der Waals surface area contributed by atoms with E-state index in [-0.39, 0.29) is 44.7 Å². The van der Waals surface area contributed by atoms with E-state index in [0.717, 1.165) is 0 Å². The molecular weight excluding hydrogens is 352 g/mol. The molecule has 126 valence electrons. The van der Waals surface area contributed by atoms with E-state index in [0.29, 0.717) is 4.31 Å². The van der Waals surface area contributed by atoms with Crippen molar-refractivity contribution in [2.45, 2.75) is 11.0 Å². The lowest BCUT2D eigenvalue weighted by Gasteiger charge is -2.31. The Hall–Kier alpha value is -0.940. The van der Waals surface area contributed by atoms with Crippen molar-refractivity contribution in [3.63, 3.8) is 0 Å². The first-order chi connectivity index (χ1) is 9.78. The van der Waals surface area contributed by atoms with Crippen LogP contribution in [0.1, 0.15) is 0 Å². The van der Waals surface area contributed by atoms with Crippen LogP contribution in [0.25, 0.3) is 0 Å². The fourth-order valence-corrected chi connectivity index (χ4v) is 3.54. The zero-order chi connectivity index (χ0) is 15.8. The number of benzene rings is 1. The summed E-state index contributed by atoms with van der Waals surface area (Å²) in [6, 6.07) is -0.0499. The van der Waals surface area contributed by atoms with Crippen LogP contribution in [0.15, 0.2) is 11.0 Å². The van der Waals surface area contributed by atoms with Crippen LogP contribution in [0.3, 0.4) is 0 Å². The fourth-order valence-electron chi connectivity index (χ4n) is 1.96. The number of hydrogen-bond acceptors (Lipinski definition) is 4. The number of ether oxygens (including phenoxy) is 1. The van der Waals surface area contributed by atoms with Crippen LogP contribution in [-0.2, 0) is 14.8 Å². The smallest absolute Gasteiger partial charge is 0.249 e. The molecule has 5 nitrogen and oxygen atoms in total. The van der Waals surface area contributed by atoms with E-state index < -0.39 is 44.3 Å². The Kier molecular flexibility index (Phi) is 6.16. The minimum Gasteiger partial charge on any atom is -0.374 e. The monoisotopic (exact) mass is 364 g/mol. The average Bonchev–Trinajstić information content (AvgIpc) is 2.45. The topological polar surface area (TPSA) is 72.6 Å². The Labute approximate surface area is 130 Å². The highest BCUT2D eigenvalue weighted by Crippen LogP contribution is 2.27. The van der Waals surface area contributed by atoms with Gasteiger partial charge in [-0.1, -0.05) is 0 Å². The van der Waals surface area contributed by atoms with Gasteiger partial charge in [-0.05, 0) is 0 Å². The van der Waals surface area contributed by atoms with Crippen molar-refractivity contribution in [2.24, 2.45) is 5.73 Å². The largest absolute Gasteiger partial charge is 0.374 e. The third-order valence-corrected chi connectivity index (χ3v) is 4.92. The van der Waals surface area contributed by atoms with Crippen molar-refractivity contribution in [1.29, 1.82) is 0 Å². The van der Waals surface area contributed by atoms with Crippen LogP contribution in [0.4, 0.5) is 17.6 Å².